The van der Waals surface area contributed by atoms with Gasteiger partial charge in [0, 0.05) is 18.6 Å². The average molecular weight is 271 g/mol. The van der Waals surface area contributed by atoms with Crippen LogP contribution in [0.5, 0.6) is 0 Å². The lowest BCUT2D eigenvalue weighted by Gasteiger charge is -2.07. The summed E-state index contributed by atoms with van der Waals surface area (Å²) in [6.45, 7) is 0. The van der Waals surface area contributed by atoms with E-state index in [1.165, 1.54) is 11.6 Å². The van der Waals surface area contributed by atoms with Gasteiger partial charge in [0.1, 0.15) is 16.7 Å². The molecule has 1 aromatic carbocycles. The molecule has 100 valence electrons. The maximum atomic E-state index is 12.3. The van der Waals surface area contributed by atoms with Crippen molar-refractivity contribution in [3.8, 4) is 0 Å². The number of hydrogen-bond acceptors (Lipinski definition) is 4. The molecule has 0 aliphatic heterocycles. The fraction of sp³-hybridized carbons (Fsp3) is 0.0714. The Balaban J connectivity index is 2.74. The largest absolute Gasteiger partial charge is 0.477 e. The summed E-state index contributed by atoms with van der Waals surface area (Å²) >= 11 is 0. The van der Waals surface area contributed by atoms with Gasteiger partial charge in [0.25, 0.3) is 0 Å². The van der Waals surface area contributed by atoms with Crippen molar-refractivity contribution in [3.63, 3.8) is 0 Å². The molecule has 1 N–H and O–H groups in total. The first-order valence-electron chi connectivity index (χ1n) is 5.79. The van der Waals surface area contributed by atoms with Crippen LogP contribution in [-0.4, -0.2) is 15.6 Å². The number of aryl methyl sites for hydroxylation is 1. The Morgan fingerprint density at radius 1 is 1.25 bits per heavy atom. The highest BCUT2D eigenvalue weighted by atomic mass is 16.4. The van der Waals surface area contributed by atoms with Crippen LogP contribution in [-0.2, 0) is 7.05 Å². The summed E-state index contributed by atoms with van der Waals surface area (Å²) in [6, 6.07) is 6.54. The fourth-order valence-electron chi connectivity index (χ4n) is 2.29. The van der Waals surface area contributed by atoms with Crippen LogP contribution < -0.4 is 11.1 Å². The number of carboxylic acids is 1. The van der Waals surface area contributed by atoms with Crippen molar-refractivity contribution >= 4 is 27.8 Å². The summed E-state index contributed by atoms with van der Waals surface area (Å²) in [5, 5.41) is 9.57. The third-order valence-electron chi connectivity index (χ3n) is 3.17. The third kappa shape index (κ3) is 1.55. The number of pyridine rings is 1. The number of benzene rings is 1. The van der Waals surface area contributed by atoms with E-state index in [2.05, 4.69) is 0 Å². The molecular formula is C14H9NO5. The van der Waals surface area contributed by atoms with Gasteiger partial charge >= 0.3 is 11.6 Å². The molecule has 3 aromatic rings. The van der Waals surface area contributed by atoms with Crippen LogP contribution in [0.15, 0.2) is 44.5 Å². The molecule has 2 aromatic heterocycles. The zero-order chi connectivity index (χ0) is 14.4. The Morgan fingerprint density at radius 3 is 2.65 bits per heavy atom. The van der Waals surface area contributed by atoms with Crippen molar-refractivity contribution in [1.29, 1.82) is 0 Å². The first kappa shape index (κ1) is 12.2. The number of aromatic carboxylic acids is 1. The van der Waals surface area contributed by atoms with Crippen LogP contribution in [0.25, 0.3) is 21.9 Å². The number of carboxylic acid groups (broad SMARTS) is 1. The zero-order valence-electron chi connectivity index (χ0n) is 10.4. The van der Waals surface area contributed by atoms with Gasteiger partial charge < -0.3 is 14.1 Å². The van der Waals surface area contributed by atoms with Gasteiger partial charge in [0.2, 0.25) is 5.43 Å². The van der Waals surface area contributed by atoms with Gasteiger partial charge in [-0.25, -0.2) is 9.59 Å². The number of carbonyl (C=O) groups is 1. The second kappa shape index (κ2) is 4.06. The van der Waals surface area contributed by atoms with E-state index in [0.29, 0.717) is 5.39 Å². The number of para-hydroxylation sites is 1. The lowest BCUT2D eigenvalue weighted by Crippen LogP contribution is -2.21. The monoisotopic (exact) mass is 271 g/mol. The summed E-state index contributed by atoms with van der Waals surface area (Å²) in [5.41, 5.74) is -1.43. The van der Waals surface area contributed by atoms with Crippen molar-refractivity contribution in [3.05, 3.63) is 56.7 Å². The lowest BCUT2D eigenvalue weighted by atomic mass is 10.1. The van der Waals surface area contributed by atoms with Gasteiger partial charge in [-0.2, -0.15) is 0 Å². The van der Waals surface area contributed by atoms with E-state index in [4.69, 9.17) is 9.52 Å². The number of rotatable bonds is 1. The Hall–Kier alpha value is -2.89. The van der Waals surface area contributed by atoms with E-state index in [-0.39, 0.29) is 22.0 Å². The zero-order valence-corrected chi connectivity index (χ0v) is 10.4. The van der Waals surface area contributed by atoms with Crippen LogP contribution in [0, 0.1) is 0 Å². The van der Waals surface area contributed by atoms with Gasteiger partial charge in [-0.15, -0.1) is 0 Å². The molecule has 0 aliphatic rings. The maximum absolute atomic E-state index is 12.3. The molecule has 0 spiro atoms. The first-order valence-corrected chi connectivity index (χ1v) is 5.79. The molecule has 0 radical (unpaired) electrons. The number of nitrogens with zero attached hydrogens (tertiary/aromatic N) is 1. The van der Waals surface area contributed by atoms with Crippen LogP contribution >= 0.6 is 0 Å². The van der Waals surface area contributed by atoms with Gasteiger partial charge in [-0.05, 0) is 6.07 Å². The minimum atomic E-state index is -1.33. The highest BCUT2D eigenvalue weighted by Crippen LogP contribution is 2.19. The van der Waals surface area contributed by atoms with Crippen molar-refractivity contribution in [2.45, 2.75) is 0 Å². The van der Waals surface area contributed by atoms with E-state index in [9.17, 15) is 14.4 Å². The van der Waals surface area contributed by atoms with Crippen LogP contribution in [0.1, 0.15) is 10.4 Å². The van der Waals surface area contributed by atoms with E-state index in [1.54, 1.807) is 24.3 Å². The highest BCUT2D eigenvalue weighted by Gasteiger charge is 2.18. The lowest BCUT2D eigenvalue weighted by molar-refractivity contribution is 0.0695. The number of aromatic nitrogens is 1. The van der Waals surface area contributed by atoms with Gasteiger partial charge in [-0.3, -0.25) is 4.79 Å². The van der Waals surface area contributed by atoms with Gasteiger partial charge in [0.05, 0.1) is 5.39 Å². The Bertz CT molecular complexity index is 980. The van der Waals surface area contributed by atoms with E-state index < -0.39 is 17.0 Å². The minimum Gasteiger partial charge on any atom is -0.477 e. The number of hydrogen-bond donors (Lipinski definition) is 1. The molecule has 2 heterocycles. The average Bonchev–Trinajstić information content (AvgIpc) is 2.41. The molecule has 0 bridgehead atoms. The summed E-state index contributed by atoms with van der Waals surface area (Å²) in [5.74, 6) is -1.33. The van der Waals surface area contributed by atoms with Crippen LogP contribution in [0.3, 0.4) is 0 Å². The smallest absolute Gasteiger partial charge is 0.361 e. The standard InChI is InChI=1S/C14H9NO5/c1-15-6-8(13(17)18)12(16)10-7-4-2-3-5-9(7)20-14(19)11(10)15/h2-6H,1H3,(H,17,18). The molecule has 6 nitrogen and oxygen atoms in total. The van der Waals surface area contributed by atoms with Crippen molar-refractivity contribution < 1.29 is 14.3 Å². The topological polar surface area (TPSA) is 89.5 Å². The SMILES string of the molecule is Cn1cc(C(=O)O)c(=O)c2c3ccccc3oc(=O)c21. The van der Waals surface area contributed by atoms with Gasteiger partial charge in [0.15, 0.2) is 0 Å². The maximum Gasteiger partial charge on any atom is 0.361 e. The summed E-state index contributed by atoms with van der Waals surface area (Å²) in [4.78, 5) is 35.4. The predicted octanol–water partition coefficient (Wildman–Crippen LogP) is 1.34. The van der Waals surface area contributed by atoms with Crippen molar-refractivity contribution in [2.75, 3.05) is 0 Å². The molecule has 0 saturated carbocycles. The van der Waals surface area contributed by atoms with E-state index in [1.807, 2.05) is 0 Å². The molecule has 3 rings (SSSR count). The molecule has 0 unspecified atom stereocenters. The van der Waals surface area contributed by atoms with E-state index in [0.717, 1.165) is 6.20 Å². The quantitative estimate of drug-likeness (QED) is 0.533. The predicted molar refractivity (Wildman–Crippen MR) is 72.2 cm³/mol. The second-order valence-corrected chi connectivity index (χ2v) is 4.40. The molecule has 0 saturated heterocycles. The molecule has 0 amide bonds. The summed E-state index contributed by atoms with van der Waals surface area (Å²) in [6.07, 6.45) is 1.12. The van der Waals surface area contributed by atoms with Gasteiger partial charge in [-0.1, -0.05) is 18.2 Å². The van der Waals surface area contributed by atoms with E-state index >= 15 is 0 Å². The van der Waals surface area contributed by atoms with Crippen molar-refractivity contribution in [1.82, 2.24) is 4.57 Å². The van der Waals surface area contributed by atoms with Crippen molar-refractivity contribution in [2.24, 2.45) is 7.05 Å². The Kier molecular flexibility index (Phi) is 2.47. The molecular weight excluding hydrogens is 262 g/mol. The third-order valence-corrected chi connectivity index (χ3v) is 3.17. The minimum absolute atomic E-state index is 0.0544. The molecule has 6 heteroatoms. The Labute approximate surface area is 111 Å². The highest BCUT2D eigenvalue weighted by molar-refractivity contribution is 6.05. The van der Waals surface area contributed by atoms with Crippen LogP contribution in [0.4, 0.5) is 0 Å². The second-order valence-electron chi connectivity index (χ2n) is 4.40. The Morgan fingerprint density at radius 2 is 1.95 bits per heavy atom. The first-order chi connectivity index (χ1) is 9.50. The van der Waals surface area contributed by atoms with Crippen LogP contribution in [0.2, 0.25) is 0 Å². The molecule has 0 atom stereocenters. The summed E-state index contributed by atoms with van der Waals surface area (Å²) < 4.78 is 6.45. The molecule has 20 heavy (non-hydrogen) atoms. The number of fused-ring (bicyclic) bond motifs is 3. The normalized spacial score (nSPS) is 11.1. The summed E-state index contributed by atoms with van der Waals surface area (Å²) in [7, 11) is 1.50. The fourth-order valence-corrected chi connectivity index (χ4v) is 2.29. The molecule has 0 fully saturated rings. The molecule has 0 aliphatic carbocycles.